The largest absolute Gasteiger partial charge is 0.310 e. The maximum atomic E-state index is 6.04. The van der Waals surface area contributed by atoms with Gasteiger partial charge in [0.15, 0.2) is 0 Å². The molecule has 0 aliphatic heterocycles. The smallest absolute Gasteiger partial charge is 0.0598 e. The van der Waals surface area contributed by atoms with Gasteiger partial charge in [-0.15, -0.1) is 0 Å². The number of hydrogen-bond acceptors (Lipinski definition) is 2. The molecule has 100 valence electrons. The van der Waals surface area contributed by atoms with Crippen molar-refractivity contribution < 1.29 is 0 Å². The molecule has 0 aliphatic carbocycles. The highest BCUT2D eigenvalue weighted by Gasteiger charge is 2.04. The minimum absolute atomic E-state index is 0.452. The molecule has 0 radical (unpaired) electrons. The van der Waals surface area contributed by atoms with Gasteiger partial charge in [-0.2, -0.15) is 0 Å². The molecule has 0 amide bonds. The van der Waals surface area contributed by atoms with Crippen LogP contribution in [0.3, 0.4) is 0 Å². The van der Waals surface area contributed by atoms with Gasteiger partial charge in [0.2, 0.25) is 0 Å². The Morgan fingerprint density at radius 2 is 1.84 bits per heavy atom. The molecule has 0 spiro atoms. The maximum absolute atomic E-state index is 6.04. The molecule has 2 rings (SSSR count). The highest BCUT2D eigenvalue weighted by molar-refractivity contribution is 6.42. The van der Waals surface area contributed by atoms with E-state index in [-0.39, 0.29) is 0 Å². The van der Waals surface area contributed by atoms with Crippen molar-refractivity contribution in [1.29, 1.82) is 0 Å². The van der Waals surface area contributed by atoms with Crippen molar-refractivity contribution in [3.05, 3.63) is 52.3 Å². The van der Waals surface area contributed by atoms with E-state index in [2.05, 4.69) is 30.2 Å². The quantitative estimate of drug-likeness (QED) is 0.894. The fraction of sp³-hybridized carbons (Fsp3) is 0.267. The van der Waals surface area contributed by atoms with Gasteiger partial charge in [0, 0.05) is 30.5 Å². The Labute approximate surface area is 123 Å². The van der Waals surface area contributed by atoms with Crippen molar-refractivity contribution in [2.75, 3.05) is 0 Å². The number of pyridine rings is 1. The fourth-order valence-corrected chi connectivity index (χ4v) is 2.04. The first-order valence-corrected chi connectivity index (χ1v) is 6.94. The molecule has 1 aromatic carbocycles. The van der Waals surface area contributed by atoms with Gasteiger partial charge in [0.1, 0.15) is 0 Å². The SMILES string of the molecule is CC(C)NCc1cncc(-c2ccc(Cl)c(Cl)c2)c1. The second-order valence-corrected chi connectivity index (χ2v) is 5.56. The molecule has 0 saturated heterocycles. The topological polar surface area (TPSA) is 24.9 Å². The molecule has 0 atom stereocenters. The summed E-state index contributed by atoms with van der Waals surface area (Å²) in [4.78, 5) is 4.27. The molecule has 19 heavy (non-hydrogen) atoms. The average molecular weight is 295 g/mol. The van der Waals surface area contributed by atoms with Gasteiger partial charge in [-0.3, -0.25) is 4.98 Å². The second-order valence-electron chi connectivity index (χ2n) is 4.75. The molecule has 0 aliphatic rings. The molecular weight excluding hydrogens is 279 g/mol. The highest BCUT2D eigenvalue weighted by Crippen LogP contribution is 2.28. The minimum atomic E-state index is 0.452. The Balaban J connectivity index is 2.24. The first kappa shape index (κ1) is 14.3. The Hall–Kier alpha value is -1.09. The summed E-state index contributed by atoms with van der Waals surface area (Å²) < 4.78 is 0. The summed E-state index contributed by atoms with van der Waals surface area (Å²) in [6, 6.07) is 8.18. The molecule has 0 saturated carbocycles. The van der Waals surface area contributed by atoms with Crippen molar-refractivity contribution in [3.63, 3.8) is 0 Å². The van der Waals surface area contributed by atoms with Gasteiger partial charge < -0.3 is 5.32 Å². The molecule has 1 aromatic heterocycles. The van der Waals surface area contributed by atoms with Crippen LogP contribution in [0.1, 0.15) is 19.4 Å². The van der Waals surface area contributed by atoms with Crippen LogP contribution >= 0.6 is 23.2 Å². The summed E-state index contributed by atoms with van der Waals surface area (Å²) in [6.45, 7) is 5.05. The van der Waals surface area contributed by atoms with E-state index in [4.69, 9.17) is 23.2 Å². The van der Waals surface area contributed by atoms with Crippen LogP contribution in [-0.2, 0) is 6.54 Å². The Bertz CT molecular complexity index is 568. The highest BCUT2D eigenvalue weighted by atomic mass is 35.5. The summed E-state index contributed by atoms with van der Waals surface area (Å²) in [6.07, 6.45) is 3.70. The van der Waals surface area contributed by atoms with Crippen molar-refractivity contribution in [3.8, 4) is 11.1 Å². The van der Waals surface area contributed by atoms with E-state index in [0.717, 1.165) is 23.2 Å². The third kappa shape index (κ3) is 3.93. The van der Waals surface area contributed by atoms with Crippen LogP contribution in [-0.4, -0.2) is 11.0 Å². The minimum Gasteiger partial charge on any atom is -0.310 e. The predicted octanol–water partition coefficient (Wildman–Crippen LogP) is 4.55. The normalized spacial score (nSPS) is 11.0. The fourth-order valence-electron chi connectivity index (χ4n) is 1.74. The lowest BCUT2D eigenvalue weighted by atomic mass is 10.1. The van der Waals surface area contributed by atoms with Crippen LogP contribution in [0.15, 0.2) is 36.7 Å². The Kier molecular flexibility index (Phi) is 4.81. The van der Waals surface area contributed by atoms with Crippen molar-refractivity contribution >= 4 is 23.2 Å². The molecule has 2 aromatic rings. The summed E-state index contributed by atoms with van der Waals surface area (Å²) in [5, 5.41) is 4.50. The molecule has 0 unspecified atom stereocenters. The lowest BCUT2D eigenvalue weighted by molar-refractivity contribution is 0.588. The number of hydrogen-bond donors (Lipinski definition) is 1. The van der Waals surface area contributed by atoms with Gasteiger partial charge in [-0.05, 0) is 29.3 Å². The standard InChI is InChI=1S/C15H16Cl2N2/c1-10(2)19-8-11-5-13(9-18-7-11)12-3-4-14(16)15(17)6-12/h3-7,9-10,19H,8H2,1-2H3. The van der Waals surface area contributed by atoms with Crippen LogP contribution in [0, 0.1) is 0 Å². The van der Waals surface area contributed by atoms with Crippen molar-refractivity contribution in [2.24, 2.45) is 0 Å². The van der Waals surface area contributed by atoms with Gasteiger partial charge in [-0.1, -0.05) is 43.1 Å². The van der Waals surface area contributed by atoms with E-state index in [0.29, 0.717) is 16.1 Å². The molecule has 1 heterocycles. The number of benzene rings is 1. The van der Waals surface area contributed by atoms with Crippen LogP contribution in [0.25, 0.3) is 11.1 Å². The number of aromatic nitrogens is 1. The van der Waals surface area contributed by atoms with E-state index < -0.39 is 0 Å². The number of halogens is 2. The molecule has 4 heteroatoms. The summed E-state index contributed by atoms with van der Waals surface area (Å²) in [5.41, 5.74) is 3.21. The van der Waals surface area contributed by atoms with Crippen molar-refractivity contribution in [2.45, 2.75) is 26.4 Å². The molecule has 2 nitrogen and oxygen atoms in total. The zero-order chi connectivity index (χ0) is 13.8. The third-order valence-electron chi connectivity index (χ3n) is 2.76. The number of rotatable bonds is 4. The monoisotopic (exact) mass is 294 g/mol. The summed E-state index contributed by atoms with van der Waals surface area (Å²) in [5.74, 6) is 0. The number of nitrogens with zero attached hydrogens (tertiary/aromatic N) is 1. The summed E-state index contributed by atoms with van der Waals surface area (Å²) >= 11 is 12.0. The van der Waals surface area contributed by atoms with Crippen LogP contribution in [0.2, 0.25) is 10.0 Å². The van der Waals surface area contributed by atoms with Gasteiger partial charge in [0.05, 0.1) is 10.0 Å². The molecule has 1 N–H and O–H groups in total. The molecule has 0 fully saturated rings. The van der Waals surface area contributed by atoms with Crippen LogP contribution in [0.4, 0.5) is 0 Å². The van der Waals surface area contributed by atoms with Gasteiger partial charge >= 0.3 is 0 Å². The van der Waals surface area contributed by atoms with Crippen LogP contribution < -0.4 is 5.32 Å². The summed E-state index contributed by atoms with van der Waals surface area (Å²) in [7, 11) is 0. The zero-order valence-electron chi connectivity index (χ0n) is 11.0. The first-order chi connectivity index (χ1) is 9.06. The number of nitrogens with one attached hydrogen (secondary N) is 1. The Morgan fingerprint density at radius 1 is 1.05 bits per heavy atom. The van der Waals surface area contributed by atoms with E-state index in [1.165, 1.54) is 0 Å². The third-order valence-corrected chi connectivity index (χ3v) is 3.50. The second kappa shape index (κ2) is 6.38. The molecular formula is C15H16Cl2N2. The van der Waals surface area contributed by atoms with Crippen molar-refractivity contribution in [1.82, 2.24) is 10.3 Å². The van der Waals surface area contributed by atoms with E-state index >= 15 is 0 Å². The molecule has 0 bridgehead atoms. The maximum Gasteiger partial charge on any atom is 0.0598 e. The first-order valence-electron chi connectivity index (χ1n) is 6.19. The van der Waals surface area contributed by atoms with Gasteiger partial charge in [0.25, 0.3) is 0 Å². The van der Waals surface area contributed by atoms with Crippen LogP contribution in [0.5, 0.6) is 0 Å². The average Bonchev–Trinajstić information content (AvgIpc) is 2.40. The Morgan fingerprint density at radius 3 is 2.53 bits per heavy atom. The van der Waals surface area contributed by atoms with E-state index in [9.17, 15) is 0 Å². The lowest BCUT2D eigenvalue weighted by Gasteiger charge is -2.09. The predicted molar refractivity (Wildman–Crippen MR) is 81.7 cm³/mol. The lowest BCUT2D eigenvalue weighted by Crippen LogP contribution is -2.21. The zero-order valence-corrected chi connectivity index (χ0v) is 12.5. The van der Waals surface area contributed by atoms with E-state index in [1.807, 2.05) is 24.5 Å². The van der Waals surface area contributed by atoms with Gasteiger partial charge in [-0.25, -0.2) is 0 Å². The van der Waals surface area contributed by atoms with E-state index in [1.54, 1.807) is 6.07 Å².